The topological polar surface area (TPSA) is 57.6 Å². The smallest absolute Gasteiger partial charge is 0.326 e. The van der Waals surface area contributed by atoms with Crippen LogP contribution in [0.2, 0.25) is 0 Å². The van der Waals surface area contributed by atoms with Crippen LogP contribution < -0.4 is 0 Å². The second-order valence-electron chi connectivity index (χ2n) is 5.35. The first kappa shape index (κ1) is 16.5. The van der Waals surface area contributed by atoms with E-state index in [9.17, 15) is 14.7 Å². The van der Waals surface area contributed by atoms with Gasteiger partial charge in [0.2, 0.25) is 5.91 Å². The standard InChI is InChI=1S/C15H20BrNO3S/c16-13-9-8-11(21-13)5-4-7-14(18)17-10-3-1-2-6-12(17)15(19)20/h8-9,12H,1-7,10H2,(H,19,20). The third-order valence-electron chi connectivity index (χ3n) is 3.80. The molecule has 1 aromatic rings. The van der Waals surface area contributed by atoms with Gasteiger partial charge >= 0.3 is 5.97 Å². The number of carboxylic acids is 1. The van der Waals surface area contributed by atoms with Crippen LogP contribution in [-0.2, 0) is 16.0 Å². The summed E-state index contributed by atoms with van der Waals surface area (Å²) in [5, 5.41) is 9.29. The zero-order chi connectivity index (χ0) is 15.2. The number of carboxylic acid groups (broad SMARTS) is 1. The number of thiophene rings is 1. The first-order chi connectivity index (χ1) is 10.1. The van der Waals surface area contributed by atoms with Crippen molar-refractivity contribution in [1.82, 2.24) is 4.90 Å². The molecule has 0 spiro atoms. The van der Waals surface area contributed by atoms with E-state index in [0.717, 1.165) is 35.9 Å². The SMILES string of the molecule is O=C(O)C1CCCCCN1C(=O)CCCc1ccc(Br)s1. The Labute approximate surface area is 137 Å². The molecule has 1 unspecified atom stereocenters. The summed E-state index contributed by atoms with van der Waals surface area (Å²) in [6.45, 7) is 0.584. The minimum Gasteiger partial charge on any atom is -0.480 e. The Kier molecular flexibility index (Phi) is 6.23. The lowest BCUT2D eigenvalue weighted by Crippen LogP contribution is -2.44. The van der Waals surface area contributed by atoms with Crippen LogP contribution in [0.1, 0.15) is 43.4 Å². The summed E-state index contributed by atoms with van der Waals surface area (Å²) in [6.07, 6.45) is 5.47. The van der Waals surface area contributed by atoms with Gasteiger partial charge < -0.3 is 10.0 Å². The van der Waals surface area contributed by atoms with Crippen LogP contribution in [0.15, 0.2) is 15.9 Å². The molecule has 1 N–H and O–H groups in total. The number of halogens is 1. The van der Waals surface area contributed by atoms with Crippen LogP contribution >= 0.6 is 27.3 Å². The summed E-state index contributed by atoms with van der Waals surface area (Å²) < 4.78 is 1.10. The van der Waals surface area contributed by atoms with Crippen molar-refractivity contribution in [2.75, 3.05) is 6.54 Å². The molecule has 1 aromatic heterocycles. The van der Waals surface area contributed by atoms with E-state index in [4.69, 9.17) is 0 Å². The summed E-state index contributed by atoms with van der Waals surface area (Å²) in [5.74, 6) is -0.882. The van der Waals surface area contributed by atoms with Crippen LogP contribution in [0.5, 0.6) is 0 Å². The van der Waals surface area contributed by atoms with E-state index >= 15 is 0 Å². The predicted octanol–water partition coefficient (Wildman–Crippen LogP) is 3.69. The van der Waals surface area contributed by atoms with Gasteiger partial charge in [-0.05, 0) is 53.7 Å². The fraction of sp³-hybridized carbons (Fsp3) is 0.600. The maximum absolute atomic E-state index is 12.3. The van der Waals surface area contributed by atoms with Crippen LogP contribution in [0, 0.1) is 0 Å². The molecular weight excluding hydrogens is 354 g/mol. The van der Waals surface area contributed by atoms with Crippen molar-refractivity contribution in [2.45, 2.75) is 51.0 Å². The highest BCUT2D eigenvalue weighted by Gasteiger charge is 2.30. The molecule has 0 saturated carbocycles. The van der Waals surface area contributed by atoms with E-state index in [1.807, 2.05) is 6.07 Å². The van der Waals surface area contributed by atoms with Gasteiger partial charge in [0, 0.05) is 17.8 Å². The third kappa shape index (κ3) is 4.81. The minimum atomic E-state index is -0.868. The van der Waals surface area contributed by atoms with Gasteiger partial charge in [-0.3, -0.25) is 4.79 Å². The van der Waals surface area contributed by atoms with Gasteiger partial charge in [0.05, 0.1) is 3.79 Å². The molecule has 0 bridgehead atoms. The lowest BCUT2D eigenvalue weighted by atomic mass is 10.1. The molecule has 1 saturated heterocycles. The second kappa shape index (κ2) is 7.94. The highest BCUT2D eigenvalue weighted by Crippen LogP contribution is 2.24. The van der Waals surface area contributed by atoms with Gasteiger partial charge in [0.1, 0.15) is 6.04 Å². The Morgan fingerprint density at radius 1 is 1.33 bits per heavy atom. The van der Waals surface area contributed by atoms with Crippen LogP contribution in [0.25, 0.3) is 0 Å². The highest BCUT2D eigenvalue weighted by atomic mass is 79.9. The van der Waals surface area contributed by atoms with Gasteiger partial charge in [0.25, 0.3) is 0 Å². The van der Waals surface area contributed by atoms with Crippen molar-refractivity contribution in [3.8, 4) is 0 Å². The molecule has 1 aliphatic heterocycles. The summed E-state index contributed by atoms with van der Waals surface area (Å²) >= 11 is 5.11. The largest absolute Gasteiger partial charge is 0.480 e. The first-order valence-electron chi connectivity index (χ1n) is 7.34. The first-order valence-corrected chi connectivity index (χ1v) is 8.95. The van der Waals surface area contributed by atoms with Crippen molar-refractivity contribution in [3.63, 3.8) is 0 Å². The molecule has 1 amide bonds. The van der Waals surface area contributed by atoms with Crippen molar-refractivity contribution in [3.05, 3.63) is 20.8 Å². The average Bonchev–Trinajstić information content (AvgIpc) is 2.72. The molecule has 0 aromatic carbocycles. The normalized spacial score (nSPS) is 19.3. The van der Waals surface area contributed by atoms with Gasteiger partial charge in [0.15, 0.2) is 0 Å². The summed E-state index contributed by atoms with van der Waals surface area (Å²) in [4.78, 5) is 26.5. The number of amides is 1. The molecular formula is C15H20BrNO3S. The Bertz CT molecular complexity index is 503. The van der Waals surface area contributed by atoms with Gasteiger partial charge in [-0.15, -0.1) is 11.3 Å². The predicted molar refractivity (Wildman–Crippen MR) is 86.6 cm³/mol. The Morgan fingerprint density at radius 3 is 2.81 bits per heavy atom. The monoisotopic (exact) mass is 373 g/mol. The van der Waals surface area contributed by atoms with E-state index in [1.165, 1.54) is 4.88 Å². The molecule has 0 radical (unpaired) electrons. The van der Waals surface area contributed by atoms with E-state index in [0.29, 0.717) is 19.4 Å². The van der Waals surface area contributed by atoms with Crippen molar-refractivity contribution >= 4 is 39.1 Å². The highest BCUT2D eigenvalue weighted by molar-refractivity contribution is 9.11. The molecule has 1 fully saturated rings. The number of hydrogen-bond acceptors (Lipinski definition) is 3. The number of carbonyl (C=O) groups excluding carboxylic acids is 1. The molecule has 116 valence electrons. The maximum Gasteiger partial charge on any atom is 0.326 e. The zero-order valence-corrected chi connectivity index (χ0v) is 14.3. The zero-order valence-electron chi connectivity index (χ0n) is 11.9. The summed E-state index contributed by atoms with van der Waals surface area (Å²) in [7, 11) is 0. The molecule has 21 heavy (non-hydrogen) atoms. The number of aliphatic carboxylic acids is 1. The second-order valence-corrected chi connectivity index (χ2v) is 7.90. The summed E-state index contributed by atoms with van der Waals surface area (Å²) in [6, 6.07) is 3.44. The van der Waals surface area contributed by atoms with Gasteiger partial charge in [-0.2, -0.15) is 0 Å². The molecule has 2 rings (SSSR count). The molecule has 4 nitrogen and oxygen atoms in total. The van der Waals surface area contributed by atoms with Crippen molar-refractivity contribution in [1.29, 1.82) is 0 Å². The van der Waals surface area contributed by atoms with Gasteiger partial charge in [-0.1, -0.05) is 12.8 Å². The number of aryl methyl sites for hydroxylation is 1. The minimum absolute atomic E-state index is 0.0140. The molecule has 1 aliphatic rings. The Balaban J connectivity index is 1.86. The average molecular weight is 374 g/mol. The van der Waals surface area contributed by atoms with E-state index in [-0.39, 0.29) is 5.91 Å². The molecule has 1 atom stereocenters. The number of rotatable bonds is 5. The lowest BCUT2D eigenvalue weighted by molar-refractivity contribution is -0.150. The van der Waals surface area contributed by atoms with Crippen molar-refractivity contribution in [2.24, 2.45) is 0 Å². The number of carbonyl (C=O) groups is 2. The quantitative estimate of drug-likeness (QED) is 0.855. The maximum atomic E-state index is 12.3. The fourth-order valence-electron chi connectivity index (χ4n) is 2.71. The van der Waals surface area contributed by atoms with E-state index in [2.05, 4.69) is 22.0 Å². The Morgan fingerprint density at radius 2 is 2.14 bits per heavy atom. The molecule has 2 heterocycles. The van der Waals surface area contributed by atoms with Crippen molar-refractivity contribution < 1.29 is 14.7 Å². The lowest BCUT2D eigenvalue weighted by Gasteiger charge is -2.27. The number of hydrogen-bond donors (Lipinski definition) is 1. The van der Waals surface area contributed by atoms with Gasteiger partial charge in [-0.25, -0.2) is 4.79 Å². The fourth-order valence-corrected chi connectivity index (χ4v) is 4.23. The van der Waals surface area contributed by atoms with E-state index in [1.54, 1.807) is 16.2 Å². The van der Waals surface area contributed by atoms with Crippen LogP contribution in [-0.4, -0.2) is 34.5 Å². The summed E-state index contributed by atoms with van der Waals surface area (Å²) in [5.41, 5.74) is 0. The molecule has 0 aliphatic carbocycles. The number of likely N-dealkylation sites (tertiary alicyclic amines) is 1. The number of nitrogens with zero attached hydrogens (tertiary/aromatic N) is 1. The molecule has 6 heteroatoms. The van der Waals surface area contributed by atoms with E-state index < -0.39 is 12.0 Å². The van der Waals surface area contributed by atoms with Crippen LogP contribution in [0.4, 0.5) is 0 Å². The van der Waals surface area contributed by atoms with Crippen LogP contribution in [0.3, 0.4) is 0 Å². The third-order valence-corrected chi connectivity index (χ3v) is 5.48. The Hall–Kier alpha value is -0.880.